The van der Waals surface area contributed by atoms with Gasteiger partial charge in [0.05, 0.1) is 44.7 Å². The number of benzene rings is 2. The molecule has 7 nitrogen and oxygen atoms in total. The molecule has 0 unspecified atom stereocenters. The zero-order valence-corrected chi connectivity index (χ0v) is 20.1. The Morgan fingerprint density at radius 3 is 2.47 bits per heavy atom. The molecule has 7 heteroatoms. The molecule has 0 spiro atoms. The van der Waals surface area contributed by atoms with Gasteiger partial charge in [-0.15, -0.1) is 0 Å². The number of para-hydroxylation sites is 1. The van der Waals surface area contributed by atoms with Crippen LogP contribution in [0.25, 0.3) is 33.3 Å². The van der Waals surface area contributed by atoms with Crippen molar-refractivity contribution < 1.29 is 23.7 Å². The van der Waals surface area contributed by atoms with E-state index in [1.807, 2.05) is 43.5 Å². The maximum absolute atomic E-state index is 13.5. The molecule has 4 aromatic rings. The van der Waals surface area contributed by atoms with Gasteiger partial charge in [-0.2, -0.15) is 0 Å². The molecule has 1 aliphatic rings. The van der Waals surface area contributed by atoms with Crippen LogP contribution in [0.3, 0.4) is 0 Å². The van der Waals surface area contributed by atoms with E-state index in [0.29, 0.717) is 23.7 Å². The number of aryl methyl sites for hydroxylation is 1. The highest BCUT2D eigenvalue weighted by atomic mass is 16.5. The van der Waals surface area contributed by atoms with Crippen LogP contribution in [0.5, 0.6) is 17.2 Å². The lowest BCUT2D eigenvalue weighted by molar-refractivity contribution is 0.0528. The summed E-state index contributed by atoms with van der Waals surface area (Å²) in [6.45, 7) is 4.93. The van der Waals surface area contributed by atoms with Crippen LogP contribution < -0.4 is 14.2 Å². The third kappa shape index (κ3) is 3.15. The maximum Gasteiger partial charge on any atom is 0.340 e. The number of ether oxygens (including phenoxy) is 4. The van der Waals surface area contributed by atoms with E-state index in [4.69, 9.17) is 18.9 Å². The molecular formula is C27H28N2O5. The first-order valence-electron chi connectivity index (χ1n) is 11.3. The number of esters is 1. The minimum Gasteiger partial charge on any atom is -0.495 e. The minimum absolute atomic E-state index is 0.294. The van der Waals surface area contributed by atoms with Crippen LogP contribution in [0.1, 0.15) is 28.5 Å². The van der Waals surface area contributed by atoms with E-state index < -0.39 is 0 Å². The van der Waals surface area contributed by atoms with Crippen molar-refractivity contribution in [1.82, 2.24) is 9.55 Å². The Labute approximate surface area is 198 Å². The van der Waals surface area contributed by atoms with Gasteiger partial charge in [0.1, 0.15) is 5.75 Å². The molecule has 2 aromatic carbocycles. The summed E-state index contributed by atoms with van der Waals surface area (Å²) in [5, 5.41) is 0.989. The Morgan fingerprint density at radius 1 is 1.03 bits per heavy atom. The van der Waals surface area contributed by atoms with Crippen molar-refractivity contribution in [3.05, 3.63) is 53.3 Å². The third-order valence-electron chi connectivity index (χ3n) is 6.64. The van der Waals surface area contributed by atoms with Crippen molar-refractivity contribution in [3.63, 3.8) is 0 Å². The number of nitrogens with one attached hydrogen (secondary N) is 1. The predicted octanol–water partition coefficient (Wildman–Crippen LogP) is 5.37. The summed E-state index contributed by atoms with van der Waals surface area (Å²) in [5.41, 5.74) is 7.21. The van der Waals surface area contributed by atoms with Crippen LogP contribution in [0.2, 0.25) is 0 Å². The molecule has 0 radical (unpaired) electrons. The molecule has 0 bridgehead atoms. The molecule has 2 aromatic heterocycles. The number of nitrogens with zero attached hydrogens (tertiary/aromatic N) is 1. The molecule has 0 saturated carbocycles. The van der Waals surface area contributed by atoms with Crippen molar-refractivity contribution in [2.24, 2.45) is 0 Å². The van der Waals surface area contributed by atoms with Crippen LogP contribution >= 0.6 is 0 Å². The summed E-state index contributed by atoms with van der Waals surface area (Å²) in [6, 6.07) is 9.88. The first-order valence-corrected chi connectivity index (χ1v) is 11.3. The third-order valence-corrected chi connectivity index (χ3v) is 6.64. The largest absolute Gasteiger partial charge is 0.495 e. The molecule has 0 fully saturated rings. The average Bonchev–Trinajstić information content (AvgIpc) is 3.41. The molecule has 1 N–H and O–H groups in total. The number of aromatic nitrogens is 2. The molecule has 5 rings (SSSR count). The van der Waals surface area contributed by atoms with Crippen LogP contribution in [-0.2, 0) is 17.7 Å². The van der Waals surface area contributed by atoms with E-state index in [1.165, 1.54) is 0 Å². The van der Waals surface area contributed by atoms with Gasteiger partial charge in [0.15, 0.2) is 11.5 Å². The highest BCUT2D eigenvalue weighted by Gasteiger charge is 2.33. The zero-order chi connectivity index (χ0) is 24.0. The Morgan fingerprint density at radius 2 is 1.76 bits per heavy atom. The summed E-state index contributed by atoms with van der Waals surface area (Å²) in [6.07, 6.45) is 2.77. The summed E-state index contributed by atoms with van der Waals surface area (Å²) in [4.78, 5) is 16.8. The van der Waals surface area contributed by atoms with Crippen molar-refractivity contribution in [2.45, 2.75) is 26.8 Å². The number of carbonyl (C=O) groups is 1. The van der Waals surface area contributed by atoms with Gasteiger partial charge in [-0.05, 0) is 44.0 Å². The summed E-state index contributed by atoms with van der Waals surface area (Å²) < 4.78 is 24.5. The molecular weight excluding hydrogens is 432 g/mol. The second-order valence-corrected chi connectivity index (χ2v) is 8.26. The number of rotatable bonds is 6. The molecule has 34 heavy (non-hydrogen) atoms. The average molecular weight is 461 g/mol. The quantitative estimate of drug-likeness (QED) is 0.392. The molecule has 0 aliphatic carbocycles. The lowest BCUT2D eigenvalue weighted by Gasteiger charge is -2.23. The standard InChI is InChI=1S/C27H28N2O5/c1-6-34-27(30)24-23(19-14-28-25-17(19)8-7-9-20(25)31-3)15(2)29-11-10-16-12-21(32-4)22(33-5)13-18(16)26(24)29/h7-9,12-14,28H,6,10-11H2,1-5H3. The molecule has 0 atom stereocenters. The maximum atomic E-state index is 13.5. The van der Waals surface area contributed by atoms with Crippen molar-refractivity contribution in [2.75, 3.05) is 27.9 Å². The Balaban J connectivity index is 1.84. The van der Waals surface area contributed by atoms with Crippen molar-refractivity contribution >= 4 is 16.9 Å². The number of carbonyl (C=O) groups excluding carboxylic acids is 1. The van der Waals surface area contributed by atoms with Crippen LogP contribution in [-0.4, -0.2) is 43.5 Å². The number of methoxy groups -OCH3 is 3. The zero-order valence-electron chi connectivity index (χ0n) is 20.1. The van der Waals surface area contributed by atoms with E-state index in [2.05, 4.69) is 16.5 Å². The fourth-order valence-electron chi connectivity index (χ4n) is 5.11. The molecule has 1 aliphatic heterocycles. The van der Waals surface area contributed by atoms with Gasteiger partial charge in [-0.1, -0.05) is 12.1 Å². The topological polar surface area (TPSA) is 74.7 Å². The second-order valence-electron chi connectivity index (χ2n) is 8.26. The normalized spacial score (nSPS) is 12.3. The number of hydrogen-bond donors (Lipinski definition) is 1. The highest BCUT2D eigenvalue weighted by molar-refractivity contribution is 6.10. The number of fused-ring (bicyclic) bond motifs is 4. The van der Waals surface area contributed by atoms with Crippen LogP contribution in [0, 0.1) is 6.92 Å². The van der Waals surface area contributed by atoms with E-state index in [0.717, 1.165) is 63.3 Å². The smallest absolute Gasteiger partial charge is 0.340 e. The highest BCUT2D eigenvalue weighted by Crippen LogP contribution is 2.47. The van der Waals surface area contributed by atoms with Gasteiger partial charge < -0.3 is 28.5 Å². The second kappa shape index (κ2) is 8.48. The number of hydrogen-bond acceptors (Lipinski definition) is 5. The van der Waals surface area contributed by atoms with Gasteiger partial charge in [0, 0.05) is 40.5 Å². The van der Waals surface area contributed by atoms with Crippen LogP contribution in [0.15, 0.2) is 36.5 Å². The summed E-state index contributed by atoms with van der Waals surface area (Å²) in [7, 11) is 4.90. The van der Waals surface area contributed by atoms with E-state index in [1.54, 1.807) is 21.3 Å². The molecule has 0 saturated heterocycles. The first-order chi connectivity index (χ1) is 16.5. The van der Waals surface area contributed by atoms with Gasteiger partial charge in [-0.25, -0.2) is 4.79 Å². The molecule has 0 amide bonds. The fourth-order valence-corrected chi connectivity index (χ4v) is 5.11. The lowest BCUT2D eigenvalue weighted by Crippen LogP contribution is -2.15. The van der Waals surface area contributed by atoms with Crippen molar-refractivity contribution in [3.8, 4) is 39.6 Å². The number of H-pyrrole nitrogens is 1. The van der Waals surface area contributed by atoms with Gasteiger partial charge >= 0.3 is 5.97 Å². The first kappa shape index (κ1) is 21.9. The Hall–Kier alpha value is -3.87. The minimum atomic E-state index is -0.339. The summed E-state index contributed by atoms with van der Waals surface area (Å²) >= 11 is 0. The Bertz CT molecular complexity index is 1410. The Kier molecular flexibility index (Phi) is 5.48. The fraction of sp³-hybridized carbons (Fsp3) is 0.296. The van der Waals surface area contributed by atoms with Crippen molar-refractivity contribution in [1.29, 1.82) is 0 Å². The molecule has 3 heterocycles. The van der Waals surface area contributed by atoms with Gasteiger partial charge in [0.25, 0.3) is 0 Å². The van der Waals surface area contributed by atoms with Gasteiger partial charge in [-0.3, -0.25) is 0 Å². The lowest BCUT2D eigenvalue weighted by atomic mass is 9.93. The summed E-state index contributed by atoms with van der Waals surface area (Å²) in [5.74, 6) is 1.72. The SMILES string of the molecule is CCOC(=O)c1c(-c2c[nH]c3c(OC)cccc23)c(C)n2c1-c1cc(OC)c(OC)cc1CC2. The predicted molar refractivity (Wildman–Crippen MR) is 131 cm³/mol. The van der Waals surface area contributed by atoms with E-state index in [-0.39, 0.29) is 5.97 Å². The monoisotopic (exact) mass is 460 g/mol. The molecule has 176 valence electrons. The van der Waals surface area contributed by atoms with E-state index in [9.17, 15) is 4.79 Å². The number of aromatic amines is 1. The van der Waals surface area contributed by atoms with Crippen LogP contribution in [0.4, 0.5) is 0 Å². The van der Waals surface area contributed by atoms with Gasteiger partial charge in [0.2, 0.25) is 0 Å². The van der Waals surface area contributed by atoms with E-state index >= 15 is 0 Å².